The van der Waals surface area contributed by atoms with Crippen LogP contribution in [-0.4, -0.2) is 25.7 Å². The molecule has 0 amide bonds. The summed E-state index contributed by atoms with van der Waals surface area (Å²) in [7, 11) is -3.28. The molecule has 25 heavy (non-hydrogen) atoms. The highest BCUT2D eigenvalue weighted by Crippen LogP contribution is 2.42. The van der Waals surface area contributed by atoms with Crippen LogP contribution in [-0.2, 0) is 14.6 Å². The summed E-state index contributed by atoms with van der Waals surface area (Å²) in [5.41, 5.74) is 3.02. The Morgan fingerprint density at radius 1 is 1.08 bits per heavy atom. The van der Waals surface area contributed by atoms with Gasteiger partial charge in [-0.2, -0.15) is 0 Å². The first kappa shape index (κ1) is 17.1. The van der Waals surface area contributed by atoms with Gasteiger partial charge in [0, 0.05) is 6.26 Å². The third-order valence-corrected chi connectivity index (χ3v) is 5.28. The van der Waals surface area contributed by atoms with Crippen molar-refractivity contribution in [2.75, 3.05) is 6.26 Å². The Hall–Kier alpha value is -2.73. The summed E-state index contributed by atoms with van der Waals surface area (Å²) in [4.78, 5) is 11.8. The minimum Gasteiger partial charge on any atom is -0.478 e. The second-order valence-corrected chi connectivity index (χ2v) is 7.91. The maximum atomic E-state index is 13.5. The van der Waals surface area contributed by atoms with Crippen molar-refractivity contribution >= 4 is 33.0 Å². The monoisotopic (exact) mass is 358 g/mol. The first-order valence-electron chi connectivity index (χ1n) is 7.45. The van der Waals surface area contributed by atoms with Gasteiger partial charge in [-0.15, -0.1) is 0 Å². The molecule has 0 bridgehead atoms. The number of carboxylic acids is 1. The highest BCUT2D eigenvalue weighted by Gasteiger charge is 2.28. The first-order chi connectivity index (χ1) is 11.7. The normalized spacial score (nSPS) is 15.6. The molecule has 0 aliphatic heterocycles. The van der Waals surface area contributed by atoms with E-state index in [4.69, 9.17) is 0 Å². The van der Waals surface area contributed by atoms with Crippen molar-refractivity contribution in [2.45, 2.75) is 11.8 Å². The number of hydrogen-bond donors (Lipinski definition) is 1. The van der Waals surface area contributed by atoms with Crippen LogP contribution in [0.25, 0.3) is 17.2 Å². The van der Waals surface area contributed by atoms with E-state index in [1.807, 2.05) is 0 Å². The van der Waals surface area contributed by atoms with Crippen molar-refractivity contribution in [3.63, 3.8) is 0 Å². The van der Waals surface area contributed by atoms with E-state index in [1.165, 1.54) is 24.3 Å². The van der Waals surface area contributed by atoms with Gasteiger partial charge in [-0.1, -0.05) is 18.2 Å². The highest BCUT2D eigenvalue weighted by atomic mass is 32.2. The Morgan fingerprint density at radius 3 is 2.28 bits per heavy atom. The molecule has 0 atom stereocenters. The minimum absolute atomic E-state index is 0.0773. The molecule has 128 valence electrons. The largest absolute Gasteiger partial charge is 0.478 e. The second kappa shape index (κ2) is 5.97. The number of fused-ring (bicyclic) bond motifs is 1. The number of rotatable bonds is 3. The molecule has 0 fully saturated rings. The van der Waals surface area contributed by atoms with Crippen LogP contribution in [0.1, 0.15) is 23.6 Å². The van der Waals surface area contributed by atoms with Gasteiger partial charge in [-0.05, 0) is 65.1 Å². The smallest absolute Gasteiger partial charge is 0.336 e. The highest BCUT2D eigenvalue weighted by molar-refractivity contribution is 7.90. The van der Waals surface area contributed by atoms with Crippen LogP contribution >= 0.6 is 0 Å². The summed E-state index contributed by atoms with van der Waals surface area (Å²) in [6, 6.07) is 10.4. The molecule has 0 heterocycles. The summed E-state index contributed by atoms with van der Waals surface area (Å²) in [5, 5.41) is 9.46. The molecule has 0 aromatic heterocycles. The van der Waals surface area contributed by atoms with Crippen LogP contribution in [0.15, 0.2) is 52.9 Å². The molecule has 1 N–H and O–H groups in total. The molecule has 0 saturated heterocycles. The molecule has 0 saturated carbocycles. The van der Waals surface area contributed by atoms with Gasteiger partial charge >= 0.3 is 5.97 Å². The van der Waals surface area contributed by atoms with Gasteiger partial charge in [0.2, 0.25) is 0 Å². The lowest BCUT2D eigenvalue weighted by Gasteiger charge is -2.05. The maximum Gasteiger partial charge on any atom is 0.336 e. The zero-order valence-corrected chi connectivity index (χ0v) is 14.4. The summed E-state index contributed by atoms with van der Waals surface area (Å²) in [5.74, 6) is -1.61. The summed E-state index contributed by atoms with van der Waals surface area (Å²) >= 11 is 0. The summed E-state index contributed by atoms with van der Waals surface area (Å²) in [6.45, 7) is 1.68. The predicted octanol–water partition coefficient (Wildman–Crippen LogP) is 3.64. The number of hydrogen-bond acceptors (Lipinski definition) is 3. The lowest BCUT2D eigenvalue weighted by atomic mass is 10.0. The Labute approximate surface area is 144 Å². The Morgan fingerprint density at radius 2 is 1.72 bits per heavy atom. The predicted molar refractivity (Wildman–Crippen MR) is 94.1 cm³/mol. The topological polar surface area (TPSA) is 71.4 Å². The van der Waals surface area contributed by atoms with Gasteiger partial charge in [0.15, 0.2) is 9.84 Å². The number of sulfone groups is 1. The zero-order chi connectivity index (χ0) is 18.4. The van der Waals surface area contributed by atoms with E-state index >= 15 is 0 Å². The average Bonchev–Trinajstić information content (AvgIpc) is 2.78. The van der Waals surface area contributed by atoms with Crippen molar-refractivity contribution in [3.05, 3.63) is 70.5 Å². The molecular weight excluding hydrogens is 343 g/mol. The van der Waals surface area contributed by atoms with Crippen LogP contribution in [0.2, 0.25) is 0 Å². The van der Waals surface area contributed by atoms with Gasteiger partial charge < -0.3 is 5.11 Å². The van der Waals surface area contributed by atoms with Crippen LogP contribution in [0, 0.1) is 5.82 Å². The van der Waals surface area contributed by atoms with E-state index in [9.17, 15) is 22.7 Å². The summed E-state index contributed by atoms with van der Waals surface area (Å²) < 4.78 is 36.6. The molecular formula is C19H15FO4S. The second-order valence-electron chi connectivity index (χ2n) is 5.89. The Balaban J connectivity index is 2.14. The van der Waals surface area contributed by atoms with Crippen molar-refractivity contribution in [1.82, 2.24) is 0 Å². The fourth-order valence-electron chi connectivity index (χ4n) is 2.94. The van der Waals surface area contributed by atoms with Crippen LogP contribution in [0.3, 0.4) is 0 Å². The lowest BCUT2D eigenvalue weighted by Crippen LogP contribution is -1.99. The van der Waals surface area contributed by atoms with E-state index in [0.29, 0.717) is 22.3 Å². The fourth-order valence-corrected chi connectivity index (χ4v) is 3.57. The number of benzene rings is 2. The van der Waals surface area contributed by atoms with Crippen LogP contribution < -0.4 is 0 Å². The third kappa shape index (κ3) is 3.13. The van der Waals surface area contributed by atoms with Gasteiger partial charge in [0.25, 0.3) is 0 Å². The molecule has 4 nitrogen and oxygen atoms in total. The van der Waals surface area contributed by atoms with E-state index in [0.717, 1.165) is 11.8 Å². The molecule has 3 rings (SSSR count). The lowest BCUT2D eigenvalue weighted by molar-refractivity contribution is -0.130. The number of aliphatic carboxylic acids is 1. The fraction of sp³-hybridized carbons (Fsp3) is 0.105. The first-order valence-corrected chi connectivity index (χ1v) is 9.34. The maximum absolute atomic E-state index is 13.5. The molecule has 1 aliphatic rings. The Bertz CT molecular complexity index is 1050. The molecule has 2 aromatic carbocycles. The number of halogens is 1. The van der Waals surface area contributed by atoms with Crippen molar-refractivity contribution in [1.29, 1.82) is 0 Å². The number of carboxylic acid groups (broad SMARTS) is 1. The van der Waals surface area contributed by atoms with E-state index in [1.54, 1.807) is 31.2 Å². The minimum atomic E-state index is -3.28. The van der Waals surface area contributed by atoms with E-state index in [2.05, 4.69) is 0 Å². The van der Waals surface area contributed by atoms with E-state index < -0.39 is 21.6 Å². The molecule has 1 aliphatic carbocycles. The van der Waals surface area contributed by atoms with Crippen molar-refractivity contribution < 1.29 is 22.7 Å². The van der Waals surface area contributed by atoms with E-state index in [-0.39, 0.29) is 10.5 Å². The van der Waals surface area contributed by atoms with Gasteiger partial charge in [-0.25, -0.2) is 17.6 Å². The molecule has 2 aromatic rings. The molecule has 6 heteroatoms. The zero-order valence-electron chi connectivity index (χ0n) is 13.6. The van der Waals surface area contributed by atoms with Gasteiger partial charge in [-0.3, -0.25) is 0 Å². The molecule has 0 unspecified atom stereocenters. The van der Waals surface area contributed by atoms with Crippen molar-refractivity contribution in [2.24, 2.45) is 0 Å². The SMILES string of the molecule is CC1=C(C(=O)O)c2cc(F)ccc2/C1=C\c1ccc(S(C)(=O)=O)cc1. The third-order valence-electron chi connectivity index (χ3n) is 4.15. The van der Waals surface area contributed by atoms with Crippen molar-refractivity contribution in [3.8, 4) is 0 Å². The molecule has 0 radical (unpaired) electrons. The van der Waals surface area contributed by atoms with Gasteiger partial charge in [0.1, 0.15) is 5.82 Å². The average molecular weight is 358 g/mol. The van der Waals surface area contributed by atoms with Crippen LogP contribution in [0.5, 0.6) is 0 Å². The summed E-state index contributed by atoms with van der Waals surface area (Å²) in [6.07, 6.45) is 2.91. The van der Waals surface area contributed by atoms with Crippen LogP contribution in [0.4, 0.5) is 4.39 Å². The quantitative estimate of drug-likeness (QED) is 0.909. The number of allylic oxidation sites excluding steroid dienone is 2. The van der Waals surface area contributed by atoms with Gasteiger partial charge in [0.05, 0.1) is 10.5 Å². The number of carbonyl (C=O) groups is 1. The Kier molecular flexibility index (Phi) is 4.08. The molecule has 0 spiro atoms. The standard InChI is InChI=1S/C19H15FO4S/c1-11-16(9-12-3-6-14(7-4-12)25(2,23)24)15-8-5-13(20)10-17(15)18(11)19(21)22/h3-10H,1-2H3,(H,21,22)/b16-9-.